The molecule has 0 aliphatic carbocycles. The van der Waals surface area contributed by atoms with Gasteiger partial charge in [0.2, 0.25) is 0 Å². The lowest BCUT2D eigenvalue weighted by Gasteiger charge is -2.31. The van der Waals surface area contributed by atoms with Gasteiger partial charge in [-0.25, -0.2) is 10.0 Å². The molecule has 3 heterocycles. The summed E-state index contributed by atoms with van der Waals surface area (Å²) < 4.78 is 32.1. The Hall–Kier alpha value is -4.81. The first-order valence-corrected chi connectivity index (χ1v) is 13.2. The van der Waals surface area contributed by atoms with Crippen molar-refractivity contribution in [3.05, 3.63) is 115 Å². The van der Waals surface area contributed by atoms with E-state index in [4.69, 9.17) is 13.8 Å². The fourth-order valence-corrected chi connectivity index (χ4v) is 5.26. The second kappa shape index (κ2) is 9.14. The largest absolute Gasteiger partial charge is 0.457 e. The van der Waals surface area contributed by atoms with Gasteiger partial charge in [0.05, 0.1) is 33.6 Å². The number of benzene rings is 4. The molecule has 0 bridgehead atoms. The van der Waals surface area contributed by atoms with Crippen LogP contribution < -0.4 is 14.9 Å². The van der Waals surface area contributed by atoms with E-state index in [0.717, 1.165) is 38.9 Å². The average molecular weight is 530 g/mol. The minimum absolute atomic E-state index is 0.239. The van der Waals surface area contributed by atoms with Crippen LogP contribution in [0, 0.1) is 6.85 Å². The van der Waals surface area contributed by atoms with Gasteiger partial charge in [0.25, 0.3) is 0 Å². The smallest absolute Gasteiger partial charge is 0.137 e. The van der Waals surface area contributed by atoms with Gasteiger partial charge in [-0.05, 0) is 87.8 Å². The highest BCUT2D eigenvalue weighted by atomic mass is 16.9. The quantitative estimate of drug-likeness (QED) is 0.228. The van der Waals surface area contributed by atoms with Gasteiger partial charge in [-0.3, -0.25) is 4.57 Å². The lowest BCUT2D eigenvalue weighted by atomic mass is 10.1. The van der Waals surface area contributed by atoms with Crippen LogP contribution in [0.5, 0.6) is 11.5 Å². The summed E-state index contributed by atoms with van der Waals surface area (Å²) in [5.41, 5.74) is 4.57. The standard InChI is InChI=1S/C34H30N4O2/c1-23-18-19-35-33(20-23)36-29-13-6-5-12-27(29)28-17-16-26(22-32(28)36)39-25-11-9-10-24(21-25)37-30-14-7-8-15-31(30)38(40-37)34(2,3)4/h5-22H,1-4H3/i1D3. The molecular weight excluding hydrogens is 496 g/mol. The maximum absolute atomic E-state index is 7.90. The number of ether oxygens (including phenoxy) is 1. The third kappa shape index (κ3) is 4.05. The van der Waals surface area contributed by atoms with Crippen molar-refractivity contribution in [2.75, 3.05) is 10.1 Å². The minimum atomic E-state index is -2.24. The number of fused-ring (bicyclic) bond motifs is 4. The number of aryl methyl sites for hydroxylation is 1. The number of hydroxylamine groups is 1. The number of rotatable bonds is 4. The predicted molar refractivity (Wildman–Crippen MR) is 162 cm³/mol. The van der Waals surface area contributed by atoms with Crippen LogP contribution in [-0.4, -0.2) is 15.1 Å². The third-order valence-corrected chi connectivity index (χ3v) is 7.00. The Morgan fingerprint density at radius 1 is 0.750 bits per heavy atom. The zero-order chi connectivity index (χ0) is 29.9. The fraction of sp³-hybridized carbons (Fsp3) is 0.147. The summed E-state index contributed by atoms with van der Waals surface area (Å²) in [6, 6.07) is 33.0. The van der Waals surface area contributed by atoms with Crippen molar-refractivity contribution in [3.8, 4) is 17.3 Å². The van der Waals surface area contributed by atoms with Gasteiger partial charge < -0.3 is 4.74 Å². The van der Waals surface area contributed by atoms with Crippen LogP contribution >= 0.6 is 0 Å². The van der Waals surface area contributed by atoms with E-state index in [-0.39, 0.29) is 11.1 Å². The van der Waals surface area contributed by atoms with E-state index in [1.807, 2.05) is 93.6 Å². The number of nitrogens with zero attached hydrogens (tertiary/aromatic N) is 4. The van der Waals surface area contributed by atoms with Gasteiger partial charge in [-0.1, -0.05) is 36.4 Å². The van der Waals surface area contributed by atoms with E-state index in [1.54, 1.807) is 12.3 Å². The first-order chi connectivity index (χ1) is 20.6. The zero-order valence-corrected chi connectivity index (χ0v) is 22.5. The molecule has 2 aromatic heterocycles. The lowest BCUT2D eigenvalue weighted by molar-refractivity contribution is 0.0842. The summed E-state index contributed by atoms with van der Waals surface area (Å²) in [5.74, 6) is 1.82. The molecule has 4 aromatic carbocycles. The molecule has 6 aromatic rings. The summed E-state index contributed by atoms with van der Waals surface area (Å²) in [4.78, 5) is 10.9. The first kappa shape index (κ1) is 21.1. The highest BCUT2D eigenvalue weighted by Gasteiger charge is 2.35. The summed E-state index contributed by atoms with van der Waals surface area (Å²) in [7, 11) is 0. The average Bonchev–Trinajstić information content (AvgIpc) is 3.53. The lowest BCUT2D eigenvalue weighted by Crippen LogP contribution is -2.41. The Bertz CT molecular complexity index is 1990. The number of aromatic nitrogens is 2. The zero-order valence-electron chi connectivity index (χ0n) is 25.5. The molecule has 0 atom stereocenters. The van der Waals surface area contributed by atoms with Gasteiger partial charge in [0.15, 0.2) is 0 Å². The van der Waals surface area contributed by atoms with Crippen molar-refractivity contribution < 1.29 is 13.8 Å². The summed E-state index contributed by atoms with van der Waals surface area (Å²) >= 11 is 0. The van der Waals surface area contributed by atoms with Crippen molar-refractivity contribution >= 4 is 38.9 Å². The van der Waals surface area contributed by atoms with Crippen LogP contribution in [0.15, 0.2) is 109 Å². The monoisotopic (exact) mass is 529 g/mol. The molecule has 1 aliphatic heterocycles. The highest BCUT2D eigenvalue weighted by molar-refractivity contribution is 6.09. The van der Waals surface area contributed by atoms with Crippen LogP contribution in [0.25, 0.3) is 27.6 Å². The molecular formula is C34H30N4O2. The molecule has 6 heteroatoms. The Labute approximate surface area is 237 Å². The van der Waals surface area contributed by atoms with Crippen molar-refractivity contribution in [1.29, 1.82) is 0 Å². The van der Waals surface area contributed by atoms with Crippen LogP contribution in [0.3, 0.4) is 0 Å². The molecule has 0 saturated heterocycles. The Morgan fingerprint density at radius 3 is 2.38 bits per heavy atom. The third-order valence-electron chi connectivity index (χ3n) is 7.00. The first-order valence-electron chi connectivity index (χ1n) is 14.7. The molecule has 0 amide bonds. The van der Waals surface area contributed by atoms with Gasteiger partial charge in [-0.2, -0.15) is 5.06 Å². The van der Waals surface area contributed by atoms with Crippen molar-refractivity contribution in [1.82, 2.24) is 9.55 Å². The molecule has 0 unspecified atom stereocenters. The number of pyridine rings is 1. The van der Waals surface area contributed by atoms with Gasteiger partial charge >= 0.3 is 0 Å². The molecule has 0 radical (unpaired) electrons. The maximum Gasteiger partial charge on any atom is 0.137 e. The Kier molecular flexibility index (Phi) is 4.81. The van der Waals surface area contributed by atoms with E-state index < -0.39 is 6.85 Å². The minimum Gasteiger partial charge on any atom is -0.457 e. The summed E-state index contributed by atoms with van der Waals surface area (Å²) in [6.07, 6.45) is 1.54. The van der Waals surface area contributed by atoms with E-state index in [9.17, 15) is 0 Å². The molecule has 198 valence electrons. The van der Waals surface area contributed by atoms with Crippen molar-refractivity contribution in [2.24, 2.45) is 0 Å². The van der Waals surface area contributed by atoms with Crippen LogP contribution in [-0.2, 0) is 4.94 Å². The van der Waals surface area contributed by atoms with Gasteiger partial charge in [-0.15, -0.1) is 4.94 Å². The molecule has 0 N–H and O–H groups in total. The van der Waals surface area contributed by atoms with Crippen molar-refractivity contribution in [2.45, 2.75) is 33.2 Å². The number of hydrogen-bond acceptors (Lipinski definition) is 5. The second-order valence-corrected chi connectivity index (χ2v) is 10.9. The molecule has 0 spiro atoms. The van der Waals surface area contributed by atoms with Crippen LogP contribution in [0.2, 0.25) is 0 Å². The molecule has 0 saturated carbocycles. The van der Waals surface area contributed by atoms with E-state index in [2.05, 4.69) is 37.9 Å². The Morgan fingerprint density at radius 2 is 1.52 bits per heavy atom. The van der Waals surface area contributed by atoms with Crippen molar-refractivity contribution in [3.63, 3.8) is 0 Å². The molecule has 1 aliphatic rings. The molecule has 40 heavy (non-hydrogen) atoms. The highest BCUT2D eigenvalue weighted by Crippen LogP contribution is 2.45. The topological polar surface area (TPSA) is 42.8 Å². The van der Waals surface area contributed by atoms with E-state index in [0.29, 0.717) is 17.3 Å². The predicted octanol–water partition coefficient (Wildman–Crippen LogP) is 8.88. The van der Waals surface area contributed by atoms with E-state index >= 15 is 0 Å². The SMILES string of the molecule is [2H]C([2H])([2H])c1ccnc(-n2c3ccccc3c3ccc(Oc4cccc(N5ON(C(C)(C)C)c6ccccc65)c4)cc32)c1. The molecule has 0 fully saturated rings. The van der Waals surface area contributed by atoms with E-state index in [1.165, 1.54) is 6.07 Å². The second-order valence-electron chi connectivity index (χ2n) is 10.9. The number of anilines is 3. The normalized spacial score (nSPS) is 14.7. The number of hydrogen-bond donors (Lipinski definition) is 0. The van der Waals surface area contributed by atoms with Crippen LogP contribution in [0.4, 0.5) is 17.1 Å². The number of para-hydroxylation sites is 3. The maximum atomic E-state index is 7.90. The van der Waals surface area contributed by atoms with Gasteiger partial charge in [0, 0.05) is 33.2 Å². The van der Waals surface area contributed by atoms with Crippen LogP contribution in [0.1, 0.15) is 30.4 Å². The Balaban J connectivity index is 1.28. The summed E-state index contributed by atoms with van der Waals surface area (Å²) in [6.45, 7) is 4.09. The summed E-state index contributed by atoms with van der Waals surface area (Å²) in [5, 5.41) is 5.79. The fourth-order valence-electron chi connectivity index (χ4n) is 5.26. The van der Waals surface area contributed by atoms with Gasteiger partial charge in [0.1, 0.15) is 17.3 Å². The molecule has 7 rings (SSSR count). The molecule has 6 nitrogen and oxygen atoms in total.